The maximum absolute atomic E-state index is 11.9. The molecule has 2 radical (unpaired) electrons. The number of allylic oxidation sites excluding steroid dienone is 2. The van der Waals surface area contributed by atoms with Crippen LogP contribution in [-0.2, 0) is 0 Å². The highest BCUT2D eigenvalue weighted by atomic mass is 79.9. The first-order chi connectivity index (χ1) is 3.98. The van der Waals surface area contributed by atoms with Crippen LogP contribution in [0.25, 0.3) is 0 Å². The fourth-order valence-corrected chi connectivity index (χ4v) is 0.381. The van der Waals surface area contributed by atoms with Crippen LogP contribution in [0.3, 0.4) is 0 Å². The van der Waals surface area contributed by atoms with E-state index in [0.29, 0.717) is 6.08 Å². The number of hydrogen-bond donors (Lipinski definition) is 0. The molecular formula is C4H3BBrF3. The van der Waals surface area contributed by atoms with Gasteiger partial charge < -0.3 is 0 Å². The molecule has 0 aliphatic carbocycles. The van der Waals surface area contributed by atoms with Crippen molar-refractivity contribution < 1.29 is 13.2 Å². The molecule has 0 aromatic rings. The van der Waals surface area contributed by atoms with E-state index in [-0.39, 0.29) is 6.32 Å². The summed E-state index contributed by atoms with van der Waals surface area (Å²) in [5.74, 6) is -1.55. The Morgan fingerprint density at radius 2 is 2.11 bits per heavy atom. The second-order valence-electron chi connectivity index (χ2n) is 1.29. The lowest BCUT2D eigenvalue weighted by Crippen LogP contribution is -2.04. The smallest absolute Gasteiger partial charge is 0.204 e. The number of rotatable bonds is 2. The molecule has 0 saturated heterocycles. The standard InChI is InChI=1S/C4H3BBrF3/c5-2-1-3(7)4(6,8)9/h1H,2H2/b3-1-. The van der Waals surface area contributed by atoms with Crippen LogP contribution in [0.2, 0.25) is 6.32 Å². The van der Waals surface area contributed by atoms with Gasteiger partial charge in [-0.2, -0.15) is 8.78 Å². The molecule has 0 nitrogen and oxygen atoms in total. The first-order valence-corrected chi connectivity index (χ1v) is 2.90. The first kappa shape index (κ1) is 9.07. The summed E-state index contributed by atoms with van der Waals surface area (Å²) in [5.41, 5.74) is 0. The molecule has 50 valence electrons. The fraction of sp³-hybridized carbons (Fsp3) is 0.500. The molecule has 0 rings (SSSR count). The molecule has 5 heteroatoms. The van der Waals surface area contributed by atoms with Crippen molar-refractivity contribution in [2.75, 3.05) is 0 Å². The normalized spacial score (nSPS) is 14.0. The molecule has 0 spiro atoms. The van der Waals surface area contributed by atoms with E-state index in [1.165, 1.54) is 0 Å². The highest BCUT2D eigenvalue weighted by Crippen LogP contribution is 2.31. The van der Waals surface area contributed by atoms with Gasteiger partial charge in [0.15, 0.2) is 5.83 Å². The van der Waals surface area contributed by atoms with Crippen molar-refractivity contribution in [3.8, 4) is 0 Å². The second kappa shape index (κ2) is 3.30. The summed E-state index contributed by atoms with van der Waals surface area (Å²) in [7, 11) is 4.76. The SMILES string of the molecule is [B]C/C=C(\F)C(F)(F)Br. The van der Waals surface area contributed by atoms with Gasteiger partial charge in [-0.05, 0) is 15.9 Å². The Balaban J connectivity index is 4.03. The Labute approximate surface area is 60.7 Å². The molecule has 9 heavy (non-hydrogen) atoms. The van der Waals surface area contributed by atoms with Crippen molar-refractivity contribution in [2.24, 2.45) is 0 Å². The minimum atomic E-state index is -3.56. The van der Waals surface area contributed by atoms with Gasteiger partial charge in [-0.3, -0.25) is 0 Å². The second-order valence-corrected chi connectivity index (χ2v) is 2.28. The summed E-state index contributed by atoms with van der Waals surface area (Å²) in [6, 6.07) is 0. The van der Waals surface area contributed by atoms with Gasteiger partial charge in [0, 0.05) is 0 Å². The summed E-state index contributed by atoms with van der Waals surface area (Å²) >= 11 is 1.81. The van der Waals surface area contributed by atoms with Gasteiger partial charge in [-0.1, -0.05) is 12.4 Å². The van der Waals surface area contributed by atoms with Crippen molar-refractivity contribution in [3.05, 3.63) is 11.9 Å². The van der Waals surface area contributed by atoms with Crippen LogP contribution in [0.5, 0.6) is 0 Å². The summed E-state index contributed by atoms with van der Waals surface area (Å²) in [6.07, 6.45) is 0.377. The van der Waals surface area contributed by atoms with E-state index in [1.807, 2.05) is 15.9 Å². The Hall–Kier alpha value is 0.0749. The molecule has 0 N–H and O–H groups in total. The molecule has 0 atom stereocenters. The van der Waals surface area contributed by atoms with Crippen LogP contribution in [0.1, 0.15) is 0 Å². The minimum absolute atomic E-state index is 0.229. The van der Waals surface area contributed by atoms with E-state index in [4.69, 9.17) is 7.85 Å². The predicted octanol–water partition coefficient (Wildman–Crippen LogP) is 2.41. The zero-order valence-corrected chi connectivity index (χ0v) is 5.96. The van der Waals surface area contributed by atoms with Crippen LogP contribution < -0.4 is 0 Å². The molecule has 0 saturated carbocycles. The quantitative estimate of drug-likeness (QED) is 0.473. The van der Waals surface area contributed by atoms with Gasteiger partial charge in [-0.15, -0.1) is 0 Å². The Morgan fingerprint density at radius 3 is 2.22 bits per heavy atom. The molecule has 0 fully saturated rings. The summed E-state index contributed by atoms with van der Waals surface area (Å²) in [6.45, 7) is 0. The zero-order valence-electron chi connectivity index (χ0n) is 4.37. The summed E-state index contributed by atoms with van der Waals surface area (Å²) in [4.78, 5) is -3.56. The number of alkyl halides is 3. The molecule has 0 aromatic heterocycles. The molecular weight excluding hydrogens is 196 g/mol. The van der Waals surface area contributed by atoms with Crippen LogP contribution in [0, 0.1) is 0 Å². The van der Waals surface area contributed by atoms with E-state index in [2.05, 4.69) is 0 Å². The van der Waals surface area contributed by atoms with Gasteiger partial charge in [0.2, 0.25) is 0 Å². The van der Waals surface area contributed by atoms with Crippen LogP contribution in [0.4, 0.5) is 13.2 Å². The Kier molecular flexibility index (Phi) is 3.32. The third-order valence-corrected chi connectivity index (χ3v) is 0.947. The molecule has 0 bridgehead atoms. The third-order valence-electron chi connectivity index (χ3n) is 0.568. The minimum Gasteiger partial charge on any atom is -0.204 e. The predicted molar refractivity (Wildman–Crippen MR) is 33.6 cm³/mol. The lowest BCUT2D eigenvalue weighted by molar-refractivity contribution is 0.127. The zero-order chi connectivity index (χ0) is 7.49. The Morgan fingerprint density at radius 1 is 1.67 bits per heavy atom. The molecule has 0 aromatic carbocycles. The van der Waals surface area contributed by atoms with Gasteiger partial charge in [0.25, 0.3) is 0 Å². The van der Waals surface area contributed by atoms with Crippen LogP contribution in [-0.4, -0.2) is 12.7 Å². The summed E-state index contributed by atoms with van der Waals surface area (Å²) in [5, 5.41) is 0. The highest BCUT2D eigenvalue weighted by molar-refractivity contribution is 9.10. The maximum Gasteiger partial charge on any atom is 0.351 e. The third kappa shape index (κ3) is 3.62. The Bertz CT molecular complexity index is 117. The van der Waals surface area contributed by atoms with Crippen molar-refractivity contribution in [1.29, 1.82) is 0 Å². The first-order valence-electron chi connectivity index (χ1n) is 2.11. The van der Waals surface area contributed by atoms with Gasteiger partial charge in [-0.25, -0.2) is 4.39 Å². The van der Waals surface area contributed by atoms with Gasteiger partial charge in [0.1, 0.15) is 0 Å². The van der Waals surface area contributed by atoms with Gasteiger partial charge >= 0.3 is 4.83 Å². The largest absolute Gasteiger partial charge is 0.351 e. The van der Waals surface area contributed by atoms with E-state index in [0.717, 1.165) is 0 Å². The molecule has 0 amide bonds. The molecule has 0 aliphatic heterocycles. The van der Waals surface area contributed by atoms with Crippen LogP contribution >= 0.6 is 15.9 Å². The molecule has 0 unspecified atom stereocenters. The van der Waals surface area contributed by atoms with E-state index in [9.17, 15) is 13.2 Å². The lowest BCUT2D eigenvalue weighted by atomic mass is 10.1. The van der Waals surface area contributed by atoms with Crippen molar-refractivity contribution in [1.82, 2.24) is 0 Å². The maximum atomic E-state index is 11.9. The van der Waals surface area contributed by atoms with E-state index in [1.54, 1.807) is 0 Å². The van der Waals surface area contributed by atoms with Gasteiger partial charge in [0.05, 0.1) is 7.85 Å². The monoisotopic (exact) mass is 198 g/mol. The van der Waals surface area contributed by atoms with Crippen molar-refractivity contribution in [3.63, 3.8) is 0 Å². The average Bonchev–Trinajstić information content (AvgIpc) is 1.64. The molecule has 0 aliphatic rings. The number of hydrogen-bond acceptors (Lipinski definition) is 0. The van der Waals surface area contributed by atoms with Crippen molar-refractivity contribution >= 4 is 23.8 Å². The number of halogens is 4. The van der Waals surface area contributed by atoms with E-state index >= 15 is 0 Å². The van der Waals surface area contributed by atoms with Crippen LogP contribution in [0.15, 0.2) is 11.9 Å². The fourth-order valence-electron chi connectivity index (χ4n) is 0.219. The lowest BCUT2D eigenvalue weighted by Gasteiger charge is -2.02. The van der Waals surface area contributed by atoms with Crippen molar-refractivity contribution in [2.45, 2.75) is 11.2 Å². The highest BCUT2D eigenvalue weighted by Gasteiger charge is 2.29. The van der Waals surface area contributed by atoms with E-state index < -0.39 is 10.7 Å². The topological polar surface area (TPSA) is 0 Å². The summed E-state index contributed by atoms with van der Waals surface area (Å²) < 4.78 is 35.3. The average molecular weight is 199 g/mol. The molecule has 0 heterocycles.